The predicted molar refractivity (Wildman–Crippen MR) is 129 cm³/mol. The summed E-state index contributed by atoms with van der Waals surface area (Å²) in [7, 11) is 0. The van der Waals surface area contributed by atoms with Crippen molar-refractivity contribution in [3.05, 3.63) is 82.6 Å². The second kappa shape index (κ2) is 9.80. The number of amidine groups is 2. The van der Waals surface area contributed by atoms with Gasteiger partial charge in [-0.15, -0.1) is 0 Å². The van der Waals surface area contributed by atoms with Crippen LogP contribution in [0.15, 0.2) is 80.8 Å². The van der Waals surface area contributed by atoms with Gasteiger partial charge in [0.05, 0.1) is 11.6 Å². The highest BCUT2D eigenvalue weighted by Crippen LogP contribution is 2.32. The highest BCUT2D eigenvalue weighted by molar-refractivity contribution is 6.12. The van der Waals surface area contributed by atoms with Crippen molar-refractivity contribution in [3.8, 4) is 0 Å². The lowest BCUT2D eigenvalue weighted by atomic mass is 9.99. The Hall–Kier alpha value is -3.46. The average Bonchev–Trinajstić information content (AvgIpc) is 2.79. The molecule has 2 heterocycles. The Bertz CT molecular complexity index is 1160. The molecule has 3 N–H and O–H groups in total. The zero-order chi connectivity index (χ0) is 24.3. The van der Waals surface area contributed by atoms with Gasteiger partial charge in [-0.1, -0.05) is 48.5 Å². The molecule has 1 unspecified atom stereocenters. The van der Waals surface area contributed by atoms with Crippen molar-refractivity contribution in [2.24, 2.45) is 20.7 Å². The first-order valence-corrected chi connectivity index (χ1v) is 11.1. The molecule has 4 rings (SSSR count). The molecule has 2 aliphatic heterocycles. The van der Waals surface area contributed by atoms with E-state index < -0.39 is 11.7 Å². The number of rotatable bonds is 6. The number of halogens is 3. The molecule has 2 aliphatic rings. The minimum atomic E-state index is -4.52. The van der Waals surface area contributed by atoms with E-state index in [1.54, 1.807) is 0 Å². The van der Waals surface area contributed by atoms with Crippen molar-refractivity contribution >= 4 is 17.6 Å². The van der Waals surface area contributed by atoms with Crippen molar-refractivity contribution in [1.82, 2.24) is 10.2 Å². The summed E-state index contributed by atoms with van der Waals surface area (Å²) in [6.45, 7) is 5.84. The molecular formula is C25H27F3N6. The molecule has 2 aromatic rings. The third-order valence-electron chi connectivity index (χ3n) is 5.83. The molecule has 0 fully saturated rings. The van der Waals surface area contributed by atoms with Gasteiger partial charge in [-0.3, -0.25) is 4.90 Å². The van der Waals surface area contributed by atoms with Gasteiger partial charge >= 0.3 is 6.18 Å². The molecule has 0 saturated heterocycles. The van der Waals surface area contributed by atoms with Gasteiger partial charge in [0.15, 0.2) is 0 Å². The van der Waals surface area contributed by atoms with Gasteiger partial charge in [0.1, 0.15) is 11.7 Å². The Kier molecular flexibility index (Phi) is 6.83. The van der Waals surface area contributed by atoms with Gasteiger partial charge in [0.2, 0.25) is 5.96 Å². The molecule has 0 radical (unpaired) electrons. The zero-order valence-electron chi connectivity index (χ0n) is 19.1. The van der Waals surface area contributed by atoms with Gasteiger partial charge < -0.3 is 11.1 Å². The number of nitrogens with one attached hydrogen (secondary N) is 1. The summed E-state index contributed by atoms with van der Waals surface area (Å²) in [4.78, 5) is 15.7. The number of guanidine groups is 1. The van der Waals surface area contributed by atoms with Gasteiger partial charge in [-0.05, 0) is 31.1 Å². The van der Waals surface area contributed by atoms with E-state index in [1.807, 2.05) is 32.0 Å². The molecule has 0 saturated carbocycles. The quantitative estimate of drug-likeness (QED) is 0.489. The van der Waals surface area contributed by atoms with Crippen molar-refractivity contribution in [2.75, 3.05) is 13.1 Å². The first-order valence-electron chi connectivity index (χ1n) is 11.1. The van der Waals surface area contributed by atoms with Crippen molar-refractivity contribution in [3.63, 3.8) is 0 Å². The summed E-state index contributed by atoms with van der Waals surface area (Å²) in [5.74, 6) is 1.18. The summed E-state index contributed by atoms with van der Waals surface area (Å²) < 4.78 is 40.5. The van der Waals surface area contributed by atoms with Crippen LogP contribution in [-0.4, -0.2) is 41.7 Å². The molecule has 0 spiro atoms. The predicted octanol–water partition coefficient (Wildman–Crippen LogP) is 4.34. The van der Waals surface area contributed by atoms with Crippen LogP contribution in [0.4, 0.5) is 13.2 Å². The normalized spacial score (nSPS) is 19.5. The summed E-state index contributed by atoms with van der Waals surface area (Å²) in [6.07, 6.45) is -3.96. The summed E-state index contributed by atoms with van der Waals surface area (Å²) in [5, 5.41) is 3.05. The number of alkyl halides is 3. The van der Waals surface area contributed by atoms with E-state index in [0.717, 1.165) is 24.0 Å². The van der Waals surface area contributed by atoms with E-state index in [1.165, 1.54) is 23.8 Å². The van der Waals surface area contributed by atoms with E-state index >= 15 is 0 Å². The van der Waals surface area contributed by atoms with Crippen LogP contribution in [0.5, 0.6) is 0 Å². The van der Waals surface area contributed by atoms with Crippen LogP contribution >= 0.6 is 0 Å². The minimum Gasteiger partial charge on any atom is -0.383 e. The molecule has 0 bridgehead atoms. The zero-order valence-corrected chi connectivity index (χ0v) is 19.1. The van der Waals surface area contributed by atoms with Gasteiger partial charge in [-0.25, -0.2) is 15.0 Å². The van der Waals surface area contributed by atoms with Gasteiger partial charge in [0.25, 0.3) is 0 Å². The topological polar surface area (TPSA) is 78.4 Å². The van der Waals surface area contributed by atoms with Crippen LogP contribution in [0, 0.1) is 0 Å². The first-order chi connectivity index (χ1) is 16.2. The summed E-state index contributed by atoms with van der Waals surface area (Å²) in [5.41, 5.74) is 8.00. The SMILES string of the molecule is CC1=NC(=NC(C)C2=C(N=C(N)c3ccccc3C(F)(F)F)CCN(Cc3ccccc3)C2)N1. The smallest absolute Gasteiger partial charge is 0.383 e. The lowest BCUT2D eigenvalue weighted by Gasteiger charge is -2.31. The highest BCUT2D eigenvalue weighted by Gasteiger charge is 2.34. The summed E-state index contributed by atoms with van der Waals surface area (Å²) >= 11 is 0. The van der Waals surface area contributed by atoms with E-state index in [-0.39, 0.29) is 17.4 Å². The van der Waals surface area contributed by atoms with Crippen molar-refractivity contribution in [2.45, 2.75) is 39.0 Å². The number of hydrogen-bond acceptors (Lipinski definition) is 3. The number of hydrogen-bond donors (Lipinski definition) is 2. The molecule has 0 aliphatic carbocycles. The van der Waals surface area contributed by atoms with E-state index in [0.29, 0.717) is 31.2 Å². The Labute approximate surface area is 196 Å². The van der Waals surface area contributed by atoms with E-state index in [4.69, 9.17) is 5.73 Å². The van der Waals surface area contributed by atoms with Crippen LogP contribution in [0.3, 0.4) is 0 Å². The second-order valence-electron chi connectivity index (χ2n) is 8.41. The largest absolute Gasteiger partial charge is 0.417 e. The fourth-order valence-corrected chi connectivity index (χ4v) is 4.12. The Balaban J connectivity index is 1.67. The van der Waals surface area contributed by atoms with Crippen LogP contribution in [0.25, 0.3) is 0 Å². The lowest BCUT2D eigenvalue weighted by Crippen LogP contribution is -2.39. The van der Waals surface area contributed by atoms with E-state index in [9.17, 15) is 13.2 Å². The third kappa shape index (κ3) is 5.53. The number of benzene rings is 2. The number of nitrogens with zero attached hydrogens (tertiary/aromatic N) is 4. The van der Waals surface area contributed by atoms with E-state index in [2.05, 4.69) is 37.3 Å². The third-order valence-corrected chi connectivity index (χ3v) is 5.83. The molecule has 34 heavy (non-hydrogen) atoms. The fourth-order valence-electron chi connectivity index (χ4n) is 4.12. The molecule has 9 heteroatoms. The Morgan fingerprint density at radius 3 is 2.50 bits per heavy atom. The Morgan fingerprint density at radius 1 is 1.15 bits per heavy atom. The Morgan fingerprint density at radius 2 is 1.82 bits per heavy atom. The first kappa shape index (κ1) is 23.7. The molecule has 2 aromatic carbocycles. The van der Waals surface area contributed by atoms with Gasteiger partial charge in [0, 0.05) is 37.3 Å². The fraction of sp³-hybridized carbons (Fsp3) is 0.320. The lowest BCUT2D eigenvalue weighted by molar-refractivity contribution is -0.137. The molecule has 6 nitrogen and oxygen atoms in total. The second-order valence-corrected chi connectivity index (χ2v) is 8.41. The molecule has 178 valence electrons. The van der Waals surface area contributed by atoms with Crippen LogP contribution in [-0.2, 0) is 12.7 Å². The maximum Gasteiger partial charge on any atom is 0.417 e. The van der Waals surface area contributed by atoms with Gasteiger partial charge in [-0.2, -0.15) is 13.2 Å². The van der Waals surface area contributed by atoms with Crippen molar-refractivity contribution in [1.29, 1.82) is 0 Å². The standard InChI is InChI=1S/C25H27F3N6/c1-16(30-24-31-17(2)32-24)20-15-34(14-18-8-4-3-5-9-18)13-12-22(20)33-23(29)19-10-6-7-11-21(19)25(26,27)28/h3-11,16H,12-15H2,1-2H3,(H2,29,33)(H,30,31,32). The average molecular weight is 469 g/mol. The van der Waals surface area contributed by atoms with Crippen molar-refractivity contribution < 1.29 is 13.2 Å². The molecule has 1 atom stereocenters. The summed E-state index contributed by atoms with van der Waals surface area (Å²) in [6, 6.07) is 15.1. The monoisotopic (exact) mass is 468 g/mol. The van der Waals surface area contributed by atoms with Crippen LogP contribution < -0.4 is 11.1 Å². The minimum absolute atomic E-state index is 0.117. The number of aliphatic imine (C=N–C) groups is 3. The maximum atomic E-state index is 13.5. The molecule has 0 aromatic heterocycles. The highest BCUT2D eigenvalue weighted by atomic mass is 19.4. The molecule has 0 amide bonds. The van der Waals surface area contributed by atoms with Crippen LogP contribution in [0.2, 0.25) is 0 Å². The number of nitrogens with two attached hydrogens (primary N) is 1. The molecular weight excluding hydrogens is 441 g/mol. The van der Waals surface area contributed by atoms with Crippen LogP contribution in [0.1, 0.15) is 37.0 Å². The maximum absolute atomic E-state index is 13.5.